The van der Waals surface area contributed by atoms with Crippen LogP contribution in [0, 0.1) is 0 Å². The van der Waals surface area contributed by atoms with E-state index in [0.717, 1.165) is 0 Å². The number of hydrogen-bond acceptors (Lipinski definition) is 5. The van der Waals surface area contributed by atoms with Crippen LogP contribution in [0.5, 0.6) is 5.88 Å². The molecular formula is C16H15Cl2N3O3. The van der Waals surface area contributed by atoms with Crippen LogP contribution >= 0.6 is 23.2 Å². The van der Waals surface area contributed by atoms with Crippen LogP contribution in [0.4, 0.5) is 0 Å². The maximum absolute atomic E-state index is 11.9. The Labute approximate surface area is 149 Å². The predicted octanol–water partition coefficient (Wildman–Crippen LogP) is 4.05. The second-order valence-corrected chi connectivity index (χ2v) is 5.65. The number of hydrogen-bond donors (Lipinski definition) is 0. The fourth-order valence-electron chi connectivity index (χ4n) is 1.79. The highest BCUT2D eigenvalue weighted by molar-refractivity contribution is 6.35. The Morgan fingerprint density at radius 2 is 2.04 bits per heavy atom. The van der Waals surface area contributed by atoms with Gasteiger partial charge in [0.2, 0.25) is 5.88 Å². The molecule has 0 atom stereocenters. The molecule has 0 spiro atoms. The number of rotatable bonds is 5. The predicted molar refractivity (Wildman–Crippen MR) is 93.1 cm³/mol. The van der Waals surface area contributed by atoms with E-state index in [9.17, 15) is 4.79 Å². The van der Waals surface area contributed by atoms with Crippen molar-refractivity contribution in [3.63, 3.8) is 0 Å². The van der Waals surface area contributed by atoms with Crippen molar-refractivity contribution < 1.29 is 14.4 Å². The van der Waals surface area contributed by atoms with Crippen molar-refractivity contribution in [2.45, 2.75) is 13.8 Å². The number of carbonyl (C=O) groups is 1. The van der Waals surface area contributed by atoms with Crippen molar-refractivity contribution in [3.05, 3.63) is 52.2 Å². The molecular weight excluding hydrogens is 353 g/mol. The molecule has 0 saturated heterocycles. The fraction of sp³-hybridized carbons (Fsp3) is 0.188. The molecule has 0 aliphatic heterocycles. The van der Waals surface area contributed by atoms with Crippen LogP contribution in [0.3, 0.4) is 0 Å². The van der Waals surface area contributed by atoms with Crippen molar-refractivity contribution >= 4 is 34.9 Å². The van der Waals surface area contributed by atoms with Crippen LogP contribution in [-0.2, 0) is 9.63 Å². The minimum atomic E-state index is -0.564. The van der Waals surface area contributed by atoms with Gasteiger partial charge in [-0.2, -0.15) is 0 Å². The first kappa shape index (κ1) is 18.0. The van der Waals surface area contributed by atoms with Gasteiger partial charge in [-0.15, -0.1) is 5.10 Å². The van der Waals surface area contributed by atoms with Crippen molar-refractivity contribution in [2.24, 2.45) is 5.16 Å². The number of aromatic nitrogens is 2. The van der Waals surface area contributed by atoms with Gasteiger partial charge in [0, 0.05) is 23.4 Å². The molecule has 1 aromatic heterocycles. The average molecular weight is 368 g/mol. The van der Waals surface area contributed by atoms with E-state index in [-0.39, 0.29) is 5.88 Å². The zero-order valence-electron chi connectivity index (χ0n) is 13.3. The Morgan fingerprint density at radius 3 is 2.71 bits per heavy atom. The minimum absolute atomic E-state index is 0.149. The van der Waals surface area contributed by atoms with E-state index in [4.69, 9.17) is 27.9 Å². The number of nitrogens with zero attached hydrogens (tertiary/aromatic N) is 3. The van der Waals surface area contributed by atoms with Crippen LogP contribution in [-0.4, -0.2) is 28.6 Å². The molecule has 6 nitrogen and oxygen atoms in total. The summed E-state index contributed by atoms with van der Waals surface area (Å²) in [4.78, 5) is 16.6. The third kappa shape index (κ3) is 4.59. The van der Waals surface area contributed by atoms with Gasteiger partial charge in [0.1, 0.15) is 7.11 Å². The Morgan fingerprint density at radius 1 is 1.29 bits per heavy atom. The van der Waals surface area contributed by atoms with Gasteiger partial charge in [0.25, 0.3) is 0 Å². The van der Waals surface area contributed by atoms with Gasteiger partial charge in [0.15, 0.2) is 0 Å². The molecule has 0 unspecified atom stereocenters. The number of benzene rings is 1. The Hall–Kier alpha value is -2.31. The van der Waals surface area contributed by atoms with Crippen LogP contribution < -0.4 is 4.74 Å². The largest absolute Gasteiger partial charge is 0.403 e. The maximum atomic E-state index is 11.9. The monoisotopic (exact) mass is 367 g/mol. The first-order valence-corrected chi connectivity index (χ1v) is 7.65. The highest BCUT2D eigenvalue weighted by Crippen LogP contribution is 2.24. The summed E-state index contributed by atoms with van der Waals surface area (Å²) in [7, 11) is 1.43. The molecule has 2 rings (SSSR count). The lowest BCUT2D eigenvalue weighted by Gasteiger charge is -2.04. The van der Waals surface area contributed by atoms with E-state index in [2.05, 4.69) is 15.1 Å². The molecule has 24 heavy (non-hydrogen) atoms. The number of allylic oxidation sites excluding steroid dienone is 1. The molecule has 0 radical (unpaired) electrons. The molecule has 8 heteroatoms. The van der Waals surface area contributed by atoms with Crippen molar-refractivity contribution in [1.29, 1.82) is 0 Å². The molecule has 0 amide bonds. The zero-order valence-corrected chi connectivity index (χ0v) is 14.8. The molecule has 0 N–H and O–H groups in total. The number of oxime groups is 1. The van der Waals surface area contributed by atoms with Gasteiger partial charge in [-0.25, -0.2) is 9.48 Å². The number of halogens is 2. The Balaban J connectivity index is 2.13. The van der Waals surface area contributed by atoms with Crippen LogP contribution in [0.15, 0.2) is 47.3 Å². The van der Waals surface area contributed by atoms with Crippen molar-refractivity contribution in [2.75, 3.05) is 7.11 Å². The second-order valence-electron chi connectivity index (χ2n) is 4.80. The van der Waals surface area contributed by atoms with E-state index in [0.29, 0.717) is 27.0 Å². The van der Waals surface area contributed by atoms with Crippen molar-refractivity contribution in [3.8, 4) is 11.6 Å². The molecule has 0 fully saturated rings. The first-order chi connectivity index (χ1) is 11.4. The van der Waals surface area contributed by atoms with E-state index < -0.39 is 5.97 Å². The first-order valence-electron chi connectivity index (χ1n) is 6.90. The summed E-state index contributed by atoms with van der Waals surface area (Å²) in [6.07, 6.45) is 2.94. The summed E-state index contributed by atoms with van der Waals surface area (Å²) in [6, 6.07) is 6.58. The number of carbonyl (C=O) groups excluding carboxylic acids is 1. The van der Waals surface area contributed by atoms with Crippen LogP contribution in [0.2, 0.25) is 10.0 Å². The quantitative estimate of drug-likeness (QED) is 0.346. The van der Waals surface area contributed by atoms with Gasteiger partial charge in [-0.3, -0.25) is 0 Å². The topological polar surface area (TPSA) is 65.7 Å². The van der Waals surface area contributed by atoms with E-state index in [1.165, 1.54) is 17.9 Å². The van der Waals surface area contributed by atoms with Crippen molar-refractivity contribution in [1.82, 2.24) is 9.78 Å². The third-order valence-electron chi connectivity index (χ3n) is 3.06. The highest BCUT2D eigenvalue weighted by Gasteiger charge is 2.10. The smallest absolute Gasteiger partial charge is 0.337 e. The molecule has 0 bridgehead atoms. The second kappa shape index (κ2) is 7.99. The summed E-state index contributed by atoms with van der Waals surface area (Å²) in [6.45, 7) is 3.45. The standard InChI is InChI=1S/C16H15Cl2N3O3/c1-10(11(2)20-23-3)8-16(22)24-15-6-7-21(19-15)14-5-4-12(17)9-13(14)18/h4-9H,1-3H3/b10-8-,20-11+. The minimum Gasteiger partial charge on any atom is -0.403 e. The van der Waals surface area contributed by atoms with Crippen LogP contribution in [0.25, 0.3) is 5.69 Å². The van der Waals surface area contributed by atoms with E-state index >= 15 is 0 Å². The molecule has 0 saturated carbocycles. The maximum Gasteiger partial charge on any atom is 0.337 e. The molecule has 2 aromatic rings. The van der Waals surface area contributed by atoms with E-state index in [1.807, 2.05) is 0 Å². The summed E-state index contributed by atoms with van der Waals surface area (Å²) in [5.41, 5.74) is 1.83. The molecule has 0 aliphatic carbocycles. The molecule has 1 aromatic carbocycles. The highest BCUT2D eigenvalue weighted by atomic mass is 35.5. The van der Waals surface area contributed by atoms with Gasteiger partial charge in [0.05, 0.1) is 16.4 Å². The SMILES string of the molecule is CO/N=C(C)/C(C)=C\C(=O)Oc1ccn(-c2ccc(Cl)cc2Cl)n1. The zero-order chi connectivity index (χ0) is 17.7. The van der Waals surface area contributed by atoms with Gasteiger partial charge in [-0.1, -0.05) is 28.4 Å². The van der Waals surface area contributed by atoms with E-state index in [1.54, 1.807) is 44.3 Å². The summed E-state index contributed by atoms with van der Waals surface area (Å²) in [5.74, 6) is -0.415. The third-order valence-corrected chi connectivity index (χ3v) is 3.60. The lowest BCUT2D eigenvalue weighted by Crippen LogP contribution is -2.08. The normalized spacial score (nSPS) is 12.2. The lowest BCUT2D eigenvalue weighted by atomic mass is 10.2. The summed E-state index contributed by atoms with van der Waals surface area (Å²) in [5, 5.41) is 8.86. The molecule has 1 heterocycles. The summed E-state index contributed by atoms with van der Waals surface area (Å²) < 4.78 is 6.66. The Bertz CT molecular complexity index is 813. The number of esters is 1. The van der Waals surface area contributed by atoms with Crippen LogP contribution in [0.1, 0.15) is 13.8 Å². The Kier molecular flexibility index (Phi) is 6.00. The average Bonchev–Trinajstić information content (AvgIpc) is 2.95. The fourth-order valence-corrected chi connectivity index (χ4v) is 2.28. The molecule has 126 valence electrons. The molecule has 0 aliphatic rings. The van der Waals surface area contributed by atoms with Gasteiger partial charge < -0.3 is 9.57 Å². The summed E-state index contributed by atoms with van der Waals surface area (Å²) >= 11 is 12.0. The van der Waals surface area contributed by atoms with Gasteiger partial charge in [-0.05, 0) is 37.6 Å². The number of ether oxygens (including phenoxy) is 1. The van der Waals surface area contributed by atoms with Gasteiger partial charge >= 0.3 is 5.97 Å². The lowest BCUT2D eigenvalue weighted by molar-refractivity contribution is -0.129.